The van der Waals surface area contributed by atoms with Crippen molar-refractivity contribution in [2.45, 2.75) is 38.6 Å². The molecule has 4 heteroatoms. The molecule has 0 bridgehead atoms. The molecule has 2 rings (SSSR count). The summed E-state index contributed by atoms with van der Waals surface area (Å²) in [6.07, 6.45) is 5.22. The Kier molecular flexibility index (Phi) is 7.28. The summed E-state index contributed by atoms with van der Waals surface area (Å²) in [5.74, 6) is 0.704. The SMILES string of the molecule is CCCNC(CN(C)CCN1CCCC1)C1CCOC1. The normalized spacial score (nSPS) is 25.6. The van der Waals surface area contributed by atoms with Crippen molar-refractivity contribution >= 4 is 0 Å². The third-order valence-corrected chi connectivity index (χ3v) is 4.70. The third-order valence-electron chi connectivity index (χ3n) is 4.70. The summed E-state index contributed by atoms with van der Waals surface area (Å²) in [6.45, 7) is 11.5. The highest BCUT2D eigenvalue weighted by molar-refractivity contribution is 4.82. The molecule has 0 amide bonds. The number of likely N-dealkylation sites (N-methyl/N-ethyl adjacent to an activating group) is 1. The van der Waals surface area contributed by atoms with Gasteiger partial charge in [0, 0.05) is 38.2 Å². The first-order chi connectivity index (χ1) is 9.79. The van der Waals surface area contributed by atoms with Crippen LogP contribution in [-0.2, 0) is 4.74 Å². The van der Waals surface area contributed by atoms with Gasteiger partial charge in [0.05, 0.1) is 6.61 Å². The zero-order valence-corrected chi connectivity index (χ0v) is 13.4. The van der Waals surface area contributed by atoms with E-state index in [1.54, 1.807) is 0 Å². The summed E-state index contributed by atoms with van der Waals surface area (Å²) >= 11 is 0. The van der Waals surface area contributed by atoms with Crippen molar-refractivity contribution in [2.75, 3.05) is 59.5 Å². The highest BCUT2D eigenvalue weighted by Gasteiger charge is 2.26. The summed E-state index contributed by atoms with van der Waals surface area (Å²) in [5, 5.41) is 3.73. The molecule has 0 aromatic heterocycles. The molecule has 2 unspecified atom stereocenters. The van der Waals surface area contributed by atoms with Gasteiger partial charge in [-0.2, -0.15) is 0 Å². The van der Waals surface area contributed by atoms with Gasteiger partial charge in [0.15, 0.2) is 0 Å². The Balaban J connectivity index is 1.70. The molecule has 2 heterocycles. The van der Waals surface area contributed by atoms with Gasteiger partial charge in [-0.05, 0) is 52.4 Å². The second-order valence-electron chi connectivity index (χ2n) is 6.50. The fourth-order valence-electron chi connectivity index (χ4n) is 3.33. The first kappa shape index (κ1) is 16.2. The molecule has 1 N–H and O–H groups in total. The van der Waals surface area contributed by atoms with E-state index in [0.29, 0.717) is 12.0 Å². The van der Waals surface area contributed by atoms with Crippen molar-refractivity contribution < 1.29 is 4.74 Å². The van der Waals surface area contributed by atoms with E-state index < -0.39 is 0 Å². The van der Waals surface area contributed by atoms with Crippen LogP contribution in [0.2, 0.25) is 0 Å². The van der Waals surface area contributed by atoms with Crippen LogP contribution in [0.4, 0.5) is 0 Å². The lowest BCUT2D eigenvalue weighted by Crippen LogP contribution is -2.46. The Morgan fingerprint density at radius 2 is 2.15 bits per heavy atom. The summed E-state index contributed by atoms with van der Waals surface area (Å²) in [4.78, 5) is 5.10. The van der Waals surface area contributed by atoms with Gasteiger partial charge < -0.3 is 19.9 Å². The van der Waals surface area contributed by atoms with Gasteiger partial charge >= 0.3 is 0 Å². The molecule has 4 nitrogen and oxygen atoms in total. The Labute approximate surface area is 124 Å². The Morgan fingerprint density at radius 3 is 2.80 bits per heavy atom. The van der Waals surface area contributed by atoms with Crippen molar-refractivity contribution in [3.05, 3.63) is 0 Å². The molecule has 2 aliphatic heterocycles. The van der Waals surface area contributed by atoms with E-state index in [-0.39, 0.29) is 0 Å². The van der Waals surface area contributed by atoms with Crippen LogP contribution in [0.3, 0.4) is 0 Å². The fraction of sp³-hybridized carbons (Fsp3) is 1.00. The minimum atomic E-state index is 0.598. The average Bonchev–Trinajstić information content (AvgIpc) is 3.13. The molecule has 20 heavy (non-hydrogen) atoms. The van der Waals surface area contributed by atoms with E-state index >= 15 is 0 Å². The minimum absolute atomic E-state index is 0.598. The molecular formula is C16H33N3O. The van der Waals surface area contributed by atoms with Gasteiger partial charge in [-0.3, -0.25) is 0 Å². The molecule has 0 aromatic carbocycles. The molecule has 2 aliphatic rings. The van der Waals surface area contributed by atoms with E-state index in [4.69, 9.17) is 4.74 Å². The lowest BCUT2D eigenvalue weighted by molar-refractivity contribution is 0.163. The van der Waals surface area contributed by atoms with Crippen LogP contribution in [-0.4, -0.2) is 75.4 Å². The maximum absolute atomic E-state index is 5.57. The van der Waals surface area contributed by atoms with E-state index in [1.165, 1.54) is 51.9 Å². The highest BCUT2D eigenvalue weighted by atomic mass is 16.5. The predicted octanol–water partition coefficient (Wildman–Crippen LogP) is 1.42. The molecule has 0 aliphatic carbocycles. The van der Waals surface area contributed by atoms with E-state index in [1.807, 2.05) is 0 Å². The lowest BCUT2D eigenvalue weighted by Gasteiger charge is -2.29. The number of nitrogens with zero attached hydrogens (tertiary/aromatic N) is 2. The monoisotopic (exact) mass is 283 g/mol. The number of rotatable bonds is 9. The Bertz CT molecular complexity index is 250. The van der Waals surface area contributed by atoms with Crippen molar-refractivity contribution in [1.82, 2.24) is 15.1 Å². The zero-order chi connectivity index (χ0) is 14.2. The summed E-state index contributed by atoms with van der Waals surface area (Å²) in [6, 6.07) is 0.598. The van der Waals surface area contributed by atoms with Crippen LogP contribution in [0, 0.1) is 5.92 Å². The number of hydrogen-bond acceptors (Lipinski definition) is 4. The smallest absolute Gasteiger partial charge is 0.0510 e. The molecule has 2 saturated heterocycles. The molecule has 2 fully saturated rings. The number of likely N-dealkylation sites (tertiary alicyclic amines) is 1. The predicted molar refractivity (Wildman–Crippen MR) is 84.2 cm³/mol. The molecule has 118 valence electrons. The summed E-state index contributed by atoms with van der Waals surface area (Å²) in [5.41, 5.74) is 0. The van der Waals surface area contributed by atoms with Crippen molar-refractivity contribution in [3.8, 4) is 0 Å². The van der Waals surface area contributed by atoms with Crippen LogP contribution in [0.5, 0.6) is 0 Å². The fourth-order valence-corrected chi connectivity index (χ4v) is 3.33. The van der Waals surface area contributed by atoms with Crippen LogP contribution < -0.4 is 5.32 Å². The second-order valence-corrected chi connectivity index (χ2v) is 6.50. The summed E-state index contributed by atoms with van der Waals surface area (Å²) < 4.78 is 5.57. The number of ether oxygens (including phenoxy) is 1. The van der Waals surface area contributed by atoms with Crippen LogP contribution in [0.25, 0.3) is 0 Å². The van der Waals surface area contributed by atoms with Crippen LogP contribution >= 0.6 is 0 Å². The van der Waals surface area contributed by atoms with Gasteiger partial charge in [-0.1, -0.05) is 6.92 Å². The Hall–Kier alpha value is -0.160. The van der Waals surface area contributed by atoms with Crippen molar-refractivity contribution in [2.24, 2.45) is 5.92 Å². The first-order valence-corrected chi connectivity index (χ1v) is 8.51. The number of hydrogen-bond donors (Lipinski definition) is 1. The highest BCUT2D eigenvalue weighted by Crippen LogP contribution is 2.17. The first-order valence-electron chi connectivity index (χ1n) is 8.51. The molecular weight excluding hydrogens is 250 g/mol. The van der Waals surface area contributed by atoms with E-state index in [2.05, 4.69) is 29.1 Å². The summed E-state index contributed by atoms with van der Waals surface area (Å²) in [7, 11) is 2.27. The van der Waals surface area contributed by atoms with Crippen molar-refractivity contribution in [1.29, 1.82) is 0 Å². The number of nitrogens with one attached hydrogen (secondary N) is 1. The van der Waals surface area contributed by atoms with Gasteiger partial charge in [-0.15, -0.1) is 0 Å². The average molecular weight is 283 g/mol. The maximum Gasteiger partial charge on any atom is 0.0510 e. The van der Waals surface area contributed by atoms with Gasteiger partial charge in [0.25, 0.3) is 0 Å². The standard InChI is InChI=1S/C16H33N3O/c1-3-7-17-16(15-6-12-20-14-15)13-18(2)10-11-19-8-4-5-9-19/h15-17H,3-14H2,1-2H3. The molecule has 0 radical (unpaired) electrons. The largest absolute Gasteiger partial charge is 0.381 e. The van der Waals surface area contributed by atoms with E-state index in [9.17, 15) is 0 Å². The molecule has 0 spiro atoms. The van der Waals surface area contributed by atoms with E-state index in [0.717, 1.165) is 26.3 Å². The minimum Gasteiger partial charge on any atom is -0.381 e. The van der Waals surface area contributed by atoms with Gasteiger partial charge in [0.1, 0.15) is 0 Å². The molecule has 0 saturated carbocycles. The molecule has 0 aromatic rings. The van der Waals surface area contributed by atoms with Crippen molar-refractivity contribution in [3.63, 3.8) is 0 Å². The van der Waals surface area contributed by atoms with Gasteiger partial charge in [0.2, 0.25) is 0 Å². The second kappa shape index (κ2) is 8.98. The maximum atomic E-state index is 5.57. The van der Waals surface area contributed by atoms with Gasteiger partial charge in [-0.25, -0.2) is 0 Å². The van der Waals surface area contributed by atoms with Crippen LogP contribution in [0.15, 0.2) is 0 Å². The Morgan fingerprint density at radius 1 is 1.35 bits per heavy atom. The zero-order valence-electron chi connectivity index (χ0n) is 13.4. The third kappa shape index (κ3) is 5.32. The quantitative estimate of drug-likeness (QED) is 0.692. The molecule has 2 atom stereocenters. The topological polar surface area (TPSA) is 27.7 Å². The van der Waals surface area contributed by atoms with Crippen LogP contribution in [0.1, 0.15) is 32.6 Å². The lowest BCUT2D eigenvalue weighted by atomic mass is 9.98.